The molecule has 0 saturated carbocycles. The molecule has 150 valence electrons. The summed E-state index contributed by atoms with van der Waals surface area (Å²) in [5, 5.41) is 4.15. The highest BCUT2D eigenvalue weighted by molar-refractivity contribution is 5.94. The van der Waals surface area contributed by atoms with Crippen molar-refractivity contribution in [2.45, 2.75) is 18.8 Å². The molecular weight excluding hydrogens is 370 g/mol. The zero-order chi connectivity index (χ0) is 21.0. The number of fused-ring (bicyclic) bond motifs is 1. The molecular formula is C26H25N3O. The third-order valence-corrected chi connectivity index (χ3v) is 5.70. The number of carbonyl (C=O) groups excluding carboxylic acids is 1. The van der Waals surface area contributed by atoms with Crippen LogP contribution in [-0.2, 0) is 11.8 Å². The average Bonchev–Trinajstić information content (AvgIpc) is 2.99. The van der Waals surface area contributed by atoms with E-state index >= 15 is 0 Å². The molecule has 1 heterocycles. The second kappa shape index (κ2) is 8.37. The molecule has 4 nitrogen and oxygen atoms in total. The lowest BCUT2D eigenvalue weighted by atomic mass is 9.76. The van der Waals surface area contributed by atoms with Crippen LogP contribution in [0.1, 0.15) is 28.4 Å². The molecule has 3 aromatic rings. The van der Waals surface area contributed by atoms with Crippen molar-refractivity contribution >= 4 is 17.8 Å². The van der Waals surface area contributed by atoms with Gasteiger partial charge in [0.05, 0.1) is 0 Å². The smallest absolute Gasteiger partial charge is 0.271 e. The van der Waals surface area contributed by atoms with Crippen LogP contribution in [0.25, 0.3) is 0 Å². The summed E-state index contributed by atoms with van der Waals surface area (Å²) in [5.74, 6) is -0.222. The zero-order valence-corrected chi connectivity index (χ0v) is 17.2. The lowest BCUT2D eigenvalue weighted by Gasteiger charge is -2.28. The van der Waals surface area contributed by atoms with Gasteiger partial charge in [-0.25, -0.2) is 5.43 Å². The van der Waals surface area contributed by atoms with E-state index in [0.29, 0.717) is 5.56 Å². The fourth-order valence-corrected chi connectivity index (χ4v) is 4.21. The van der Waals surface area contributed by atoms with Gasteiger partial charge >= 0.3 is 0 Å². The Morgan fingerprint density at radius 1 is 0.967 bits per heavy atom. The molecule has 4 heteroatoms. The number of rotatable bonds is 5. The van der Waals surface area contributed by atoms with E-state index in [-0.39, 0.29) is 11.3 Å². The van der Waals surface area contributed by atoms with E-state index in [1.54, 1.807) is 18.3 Å². The van der Waals surface area contributed by atoms with Gasteiger partial charge in [-0.1, -0.05) is 66.7 Å². The second-order valence-corrected chi connectivity index (χ2v) is 7.71. The van der Waals surface area contributed by atoms with Crippen molar-refractivity contribution in [1.82, 2.24) is 5.43 Å². The van der Waals surface area contributed by atoms with Crippen molar-refractivity contribution in [2.75, 3.05) is 11.9 Å². The minimum Gasteiger partial charge on any atom is -0.347 e. The summed E-state index contributed by atoms with van der Waals surface area (Å²) in [6.45, 7) is 2.27. The SMILES string of the molecule is CN1/C(=C\C=N\NC(=O)c2ccccc2)C(C)(Cc2ccccc2)c2ccccc21. The van der Waals surface area contributed by atoms with Crippen molar-refractivity contribution in [3.63, 3.8) is 0 Å². The first-order valence-electron chi connectivity index (χ1n) is 10.1. The number of amides is 1. The van der Waals surface area contributed by atoms with Crippen LogP contribution in [0.5, 0.6) is 0 Å². The van der Waals surface area contributed by atoms with Crippen LogP contribution in [0.3, 0.4) is 0 Å². The fraction of sp³-hybridized carbons (Fsp3) is 0.154. The minimum absolute atomic E-state index is 0.192. The molecule has 0 bridgehead atoms. The molecule has 1 N–H and O–H groups in total. The van der Waals surface area contributed by atoms with E-state index in [9.17, 15) is 4.79 Å². The first kappa shape index (κ1) is 19.6. The van der Waals surface area contributed by atoms with Crippen LogP contribution in [0.15, 0.2) is 102 Å². The highest BCUT2D eigenvalue weighted by atomic mass is 16.2. The largest absolute Gasteiger partial charge is 0.347 e. The topological polar surface area (TPSA) is 44.7 Å². The highest BCUT2D eigenvalue weighted by Gasteiger charge is 2.41. The predicted octanol–water partition coefficient (Wildman–Crippen LogP) is 4.94. The van der Waals surface area contributed by atoms with Gasteiger partial charge in [-0.15, -0.1) is 0 Å². The normalized spacial score (nSPS) is 19.3. The number of benzene rings is 3. The number of nitrogens with one attached hydrogen (secondary N) is 1. The van der Waals surface area contributed by atoms with Crippen LogP contribution in [0, 0.1) is 0 Å². The summed E-state index contributed by atoms with van der Waals surface area (Å²) in [7, 11) is 2.08. The summed E-state index contributed by atoms with van der Waals surface area (Å²) in [5.41, 5.74) is 7.92. The minimum atomic E-state index is -0.222. The molecule has 0 radical (unpaired) electrons. The Kier molecular flexibility index (Phi) is 5.48. The molecule has 1 aliphatic rings. The molecule has 1 atom stereocenters. The fourth-order valence-electron chi connectivity index (χ4n) is 4.21. The van der Waals surface area contributed by atoms with E-state index in [1.807, 2.05) is 30.3 Å². The van der Waals surface area contributed by atoms with Gasteiger partial charge in [0.25, 0.3) is 5.91 Å². The molecule has 0 fully saturated rings. The molecule has 0 aliphatic carbocycles. The lowest BCUT2D eigenvalue weighted by molar-refractivity contribution is 0.0955. The maximum Gasteiger partial charge on any atom is 0.271 e. The first-order valence-corrected chi connectivity index (χ1v) is 10.1. The number of carbonyl (C=O) groups is 1. The maximum atomic E-state index is 12.2. The van der Waals surface area contributed by atoms with E-state index in [1.165, 1.54) is 16.8 Å². The van der Waals surface area contributed by atoms with Gasteiger partial charge in [0, 0.05) is 35.6 Å². The number of likely N-dealkylation sites (N-methyl/N-ethyl adjacent to an activating group) is 1. The number of hydrogen-bond acceptors (Lipinski definition) is 3. The van der Waals surface area contributed by atoms with Gasteiger partial charge in [-0.2, -0.15) is 5.10 Å². The summed E-state index contributed by atoms with van der Waals surface area (Å²) in [6, 6.07) is 28.1. The summed E-state index contributed by atoms with van der Waals surface area (Å²) >= 11 is 0. The Morgan fingerprint density at radius 3 is 2.33 bits per heavy atom. The standard InChI is InChI=1S/C26H25N3O/c1-26(19-20-11-5-3-6-12-20)22-15-9-10-16-23(22)29(2)24(26)17-18-27-28-25(30)21-13-7-4-8-14-21/h3-18H,19H2,1-2H3,(H,28,30)/b24-17-,27-18+. The van der Waals surface area contributed by atoms with Crippen LogP contribution in [0.2, 0.25) is 0 Å². The van der Waals surface area contributed by atoms with Gasteiger partial charge < -0.3 is 4.90 Å². The van der Waals surface area contributed by atoms with Crippen molar-refractivity contribution in [3.05, 3.63) is 113 Å². The molecule has 3 aromatic carbocycles. The first-order chi connectivity index (χ1) is 14.6. The van der Waals surface area contributed by atoms with E-state index in [2.05, 4.69) is 77.9 Å². The Morgan fingerprint density at radius 2 is 1.60 bits per heavy atom. The number of allylic oxidation sites excluding steroid dienone is 2. The maximum absolute atomic E-state index is 12.2. The van der Waals surface area contributed by atoms with Crippen molar-refractivity contribution in [2.24, 2.45) is 5.10 Å². The van der Waals surface area contributed by atoms with E-state index < -0.39 is 0 Å². The van der Waals surface area contributed by atoms with Crippen molar-refractivity contribution in [1.29, 1.82) is 0 Å². The second-order valence-electron chi connectivity index (χ2n) is 7.71. The Hall–Kier alpha value is -3.66. The average molecular weight is 396 g/mol. The van der Waals surface area contributed by atoms with Crippen LogP contribution >= 0.6 is 0 Å². The van der Waals surface area contributed by atoms with Crippen molar-refractivity contribution < 1.29 is 4.79 Å². The number of hydrogen-bond donors (Lipinski definition) is 1. The van der Waals surface area contributed by atoms with Crippen LogP contribution in [0.4, 0.5) is 5.69 Å². The van der Waals surface area contributed by atoms with Gasteiger partial charge in [-0.05, 0) is 48.7 Å². The summed E-state index contributed by atoms with van der Waals surface area (Å²) in [6.07, 6.45) is 4.54. The molecule has 0 spiro atoms. The molecule has 4 rings (SSSR count). The van der Waals surface area contributed by atoms with Gasteiger partial charge in [0.2, 0.25) is 0 Å². The number of para-hydroxylation sites is 1. The van der Waals surface area contributed by atoms with E-state index in [0.717, 1.165) is 12.1 Å². The predicted molar refractivity (Wildman–Crippen MR) is 123 cm³/mol. The Bertz CT molecular complexity index is 1090. The number of anilines is 1. The Balaban J connectivity index is 1.61. The number of hydrazone groups is 1. The highest BCUT2D eigenvalue weighted by Crippen LogP contribution is 2.48. The van der Waals surface area contributed by atoms with Crippen LogP contribution in [-0.4, -0.2) is 19.2 Å². The quantitative estimate of drug-likeness (QED) is 0.491. The number of nitrogens with zero attached hydrogens (tertiary/aromatic N) is 2. The van der Waals surface area contributed by atoms with Gasteiger partial charge in [0.15, 0.2) is 0 Å². The lowest BCUT2D eigenvalue weighted by Crippen LogP contribution is -2.29. The molecule has 30 heavy (non-hydrogen) atoms. The third-order valence-electron chi connectivity index (χ3n) is 5.70. The van der Waals surface area contributed by atoms with Crippen LogP contribution < -0.4 is 10.3 Å². The Labute approximate surface area is 177 Å². The molecule has 1 unspecified atom stereocenters. The van der Waals surface area contributed by atoms with Crippen molar-refractivity contribution in [3.8, 4) is 0 Å². The molecule has 0 aromatic heterocycles. The zero-order valence-electron chi connectivity index (χ0n) is 17.2. The third kappa shape index (κ3) is 3.77. The summed E-state index contributed by atoms with van der Waals surface area (Å²) < 4.78 is 0. The van der Waals surface area contributed by atoms with Gasteiger partial charge in [0.1, 0.15) is 0 Å². The summed E-state index contributed by atoms with van der Waals surface area (Å²) in [4.78, 5) is 14.4. The molecule has 0 saturated heterocycles. The molecule has 1 aliphatic heterocycles. The van der Waals surface area contributed by atoms with E-state index in [4.69, 9.17) is 0 Å². The monoisotopic (exact) mass is 395 g/mol. The molecule has 1 amide bonds. The van der Waals surface area contributed by atoms with Gasteiger partial charge in [-0.3, -0.25) is 4.79 Å².